The minimum absolute atomic E-state index is 0.0131. The number of benzene rings is 3. The summed E-state index contributed by atoms with van der Waals surface area (Å²) in [6, 6.07) is 11.5. The first-order valence-corrected chi connectivity index (χ1v) is 13.2. The van der Waals surface area contributed by atoms with Crippen LogP contribution in [-0.4, -0.2) is 31.4 Å². The van der Waals surface area contributed by atoms with E-state index in [0.29, 0.717) is 21.2 Å². The molecule has 2 amide bonds. The van der Waals surface area contributed by atoms with Gasteiger partial charge in [0.2, 0.25) is 15.9 Å². The Morgan fingerprint density at radius 2 is 1.58 bits per heavy atom. The zero-order chi connectivity index (χ0) is 26.6. The Morgan fingerprint density at radius 3 is 2.19 bits per heavy atom. The summed E-state index contributed by atoms with van der Waals surface area (Å²) in [6.45, 7) is 3.38. The molecule has 1 atom stereocenters. The number of aryl methyl sites for hydroxylation is 1. The number of sulfonamides is 1. The van der Waals surface area contributed by atoms with Gasteiger partial charge in [-0.2, -0.15) is 4.72 Å². The Kier molecular flexibility index (Phi) is 8.86. The molecule has 12 heteroatoms. The van der Waals surface area contributed by atoms with E-state index >= 15 is 0 Å². The van der Waals surface area contributed by atoms with E-state index in [-0.39, 0.29) is 33.5 Å². The summed E-state index contributed by atoms with van der Waals surface area (Å²) in [4.78, 5) is 25.3. The quantitative estimate of drug-likeness (QED) is 0.262. The summed E-state index contributed by atoms with van der Waals surface area (Å²) in [5.74, 6) is -1.55. The number of halogens is 3. The van der Waals surface area contributed by atoms with Crippen LogP contribution in [0.3, 0.4) is 0 Å². The van der Waals surface area contributed by atoms with Crippen molar-refractivity contribution >= 4 is 68.0 Å². The lowest BCUT2D eigenvalue weighted by Gasteiger charge is -2.18. The van der Waals surface area contributed by atoms with Crippen molar-refractivity contribution in [2.45, 2.75) is 31.2 Å². The summed E-state index contributed by atoms with van der Waals surface area (Å²) in [7, 11) is -4.00. The molecule has 0 aliphatic carbocycles. The highest BCUT2D eigenvalue weighted by molar-refractivity contribution is 7.89. The van der Waals surface area contributed by atoms with Crippen LogP contribution in [-0.2, 0) is 14.8 Å². The molecule has 4 N–H and O–H groups in total. The molecule has 3 aromatic rings. The molecular formula is C24H22Cl3N3O5S. The number of aromatic hydroxyl groups is 1. The molecule has 0 spiro atoms. The van der Waals surface area contributed by atoms with Gasteiger partial charge in [-0.15, -0.1) is 0 Å². The zero-order valence-electron chi connectivity index (χ0n) is 19.1. The van der Waals surface area contributed by atoms with Gasteiger partial charge in [0.1, 0.15) is 11.8 Å². The Hall–Kier alpha value is -2.82. The zero-order valence-corrected chi connectivity index (χ0v) is 22.2. The van der Waals surface area contributed by atoms with Crippen LogP contribution < -0.4 is 15.4 Å². The third-order valence-electron chi connectivity index (χ3n) is 5.16. The fraction of sp³-hybridized carbons (Fsp3) is 0.167. The average Bonchev–Trinajstić information content (AvgIpc) is 2.82. The van der Waals surface area contributed by atoms with Crippen LogP contribution in [0.5, 0.6) is 5.75 Å². The molecule has 0 heterocycles. The van der Waals surface area contributed by atoms with Crippen LogP contribution >= 0.6 is 34.8 Å². The summed E-state index contributed by atoms with van der Waals surface area (Å²) in [5.41, 5.74) is 1.08. The second-order valence-electron chi connectivity index (χ2n) is 7.79. The van der Waals surface area contributed by atoms with E-state index in [2.05, 4.69) is 15.4 Å². The molecule has 0 bridgehead atoms. The van der Waals surface area contributed by atoms with Gasteiger partial charge >= 0.3 is 0 Å². The van der Waals surface area contributed by atoms with Crippen molar-refractivity contribution in [3.8, 4) is 5.75 Å². The number of rotatable bonds is 8. The lowest BCUT2D eigenvalue weighted by molar-refractivity contribution is -0.117. The normalized spacial score (nSPS) is 12.1. The fourth-order valence-corrected chi connectivity index (χ4v) is 4.88. The smallest absolute Gasteiger partial charge is 0.255 e. The lowest BCUT2D eigenvalue weighted by Crippen LogP contribution is -2.43. The van der Waals surface area contributed by atoms with E-state index in [0.717, 1.165) is 6.07 Å². The van der Waals surface area contributed by atoms with Gasteiger partial charge in [0.15, 0.2) is 0 Å². The van der Waals surface area contributed by atoms with Gasteiger partial charge in [0.25, 0.3) is 5.91 Å². The fourth-order valence-electron chi connectivity index (χ4n) is 3.15. The summed E-state index contributed by atoms with van der Waals surface area (Å²) in [5, 5.41) is 16.4. The molecule has 0 saturated carbocycles. The van der Waals surface area contributed by atoms with Gasteiger partial charge in [-0.25, -0.2) is 8.42 Å². The maximum Gasteiger partial charge on any atom is 0.255 e. The second-order valence-corrected chi connectivity index (χ2v) is 10.8. The first kappa shape index (κ1) is 27.8. The molecule has 8 nitrogen and oxygen atoms in total. The monoisotopic (exact) mass is 569 g/mol. The predicted octanol–water partition coefficient (Wildman–Crippen LogP) is 5.61. The first-order chi connectivity index (χ1) is 16.9. The van der Waals surface area contributed by atoms with Crippen molar-refractivity contribution in [3.05, 3.63) is 80.8 Å². The van der Waals surface area contributed by atoms with E-state index < -0.39 is 27.9 Å². The molecular weight excluding hydrogens is 549 g/mol. The molecule has 0 aromatic heterocycles. The third-order valence-corrected chi connectivity index (χ3v) is 7.63. The molecule has 0 radical (unpaired) electrons. The van der Waals surface area contributed by atoms with Crippen molar-refractivity contribution < 1.29 is 23.1 Å². The number of amides is 2. The second kappa shape index (κ2) is 11.5. The van der Waals surface area contributed by atoms with Crippen LogP contribution in [0.4, 0.5) is 11.4 Å². The van der Waals surface area contributed by atoms with Gasteiger partial charge in [-0.3, -0.25) is 9.59 Å². The minimum Gasteiger partial charge on any atom is -0.506 e. The number of phenolic OH excluding ortho intramolecular Hbond substituents is 1. The Bertz CT molecular complexity index is 1410. The van der Waals surface area contributed by atoms with Crippen LogP contribution in [0.1, 0.15) is 29.3 Å². The number of anilines is 2. The molecule has 1 unspecified atom stereocenters. The summed E-state index contributed by atoms with van der Waals surface area (Å²) < 4.78 is 27.6. The van der Waals surface area contributed by atoms with Crippen LogP contribution in [0.25, 0.3) is 0 Å². The largest absolute Gasteiger partial charge is 0.506 e. The Balaban J connectivity index is 1.74. The molecule has 3 aromatic carbocycles. The highest BCUT2D eigenvalue weighted by Crippen LogP contribution is 2.34. The van der Waals surface area contributed by atoms with Crippen molar-refractivity contribution in [2.75, 3.05) is 10.6 Å². The molecule has 190 valence electrons. The third kappa shape index (κ3) is 6.68. The van der Waals surface area contributed by atoms with Crippen molar-refractivity contribution in [3.63, 3.8) is 0 Å². The number of nitrogens with one attached hydrogen (secondary N) is 3. The maximum atomic E-state index is 12.8. The van der Waals surface area contributed by atoms with Gasteiger partial charge in [0.05, 0.1) is 21.3 Å². The van der Waals surface area contributed by atoms with Crippen LogP contribution in [0.2, 0.25) is 15.1 Å². The molecule has 0 saturated heterocycles. The molecule has 0 aliphatic rings. The average molecular weight is 571 g/mol. The molecule has 36 heavy (non-hydrogen) atoms. The SMILES string of the molecule is CCC(NS(=O)(=O)c1ccc(Cl)cc1)C(=O)Nc1cc(O)c(NC(=O)c2ccc(Cl)c(C)c2)cc1Cl. The Labute approximate surface area is 223 Å². The van der Waals surface area contributed by atoms with E-state index in [4.69, 9.17) is 34.8 Å². The van der Waals surface area contributed by atoms with Gasteiger partial charge in [0, 0.05) is 21.7 Å². The summed E-state index contributed by atoms with van der Waals surface area (Å²) >= 11 is 18.1. The van der Waals surface area contributed by atoms with Crippen LogP contribution in [0, 0.1) is 6.92 Å². The van der Waals surface area contributed by atoms with Crippen molar-refractivity contribution in [2.24, 2.45) is 0 Å². The number of carbonyl (C=O) groups is 2. The molecule has 0 aliphatic heterocycles. The predicted molar refractivity (Wildman–Crippen MR) is 142 cm³/mol. The van der Waals surface area contributed by atoms with E-state index in [1.807, 2.05) is 0 Å². The van der Waals surface area contributed by atoms with E-state index in [9.17, 15) is 23.1 Å². The highest BCUT2D eigenvalue weighted by Gasteiger charge is 2.25. The van der Waals surface area contributed by atoms with E-state index in [1.165, 1.54) is 36.4 Å². The number of hydrogen-bond acceptors (Lipinski definition) is 5. The van der Waals surface area contributed by atoms with Gasteiger partial charge in [-0.1, -0.05) is 41.7 Å². The lowest BCUT2D eigenvalue weighted by atomic mass is 10.1. The van der Waals surface area contributed by atoms with Crippen LogP contribution in [0.15, 0.2) is 59.5 Å². The number of carbonyl (C=O) groups excluding carboxylic acids is 2. The highest BCUT2D eigenvalue weighted by atomic mass is 35.5. The van der Waals surface area contributed by atoms with E-state index in [1.54, 1.807) is 26.0 Å². The number of phenols is 1. The van der Waals surface area contributed by atoms with Gasteiger partial charge < -0.3 is 15.7 Å². The maximum absolute atomic E-state index is 12.8. The molecule has 3 rings (SSSR count). The first-order valence-electron chi connectivity index (χ1n) is 10.6. The number of hydrogen-bond donors (Lipinski definition) is 4. The molecule has 0 fully saturated rings. The van der Waals surface area contributed by atoms with Crippen molar-refractivity contribution in [1.29, 1.82) is 0 Å². The summed E-state index contributed by atoms with van der Waals surface area (Å²) in [6.07, 6.45) is 0.136. The topological polar surface area (TPSA) is 125 Å². The van der Waals surface area contributed by atoms with Gasteiger partial charge in [-0.05, 0) is 67.4 Å². The standard InChI is InChI=1S/C24H22Cl3N3O5S/c1-3-19(30-36(34,35)16-7-5-15(25)6-8-16)24(33)28-20-12-22(31)21(11-18(20)27)29-23(32)14-4-9-17(26)13(2)10-14/h4-12,19,30-31H,3H2,1-2H3,(H,28,33)(H,29,32). The van der Waals surface area contributed by atoms with Crippen molar-refractivity contribution in [1.82, 2.24) is 4.72 Å². The Morgan fingerprint density at radius 1 is 0.917 bits per heavy atom. The minimum atomic E-state index is -4.00.